The Kier molecular flexibility index (Phi) is 3.73. The largest absolute Gasteiger partial charge is 0.420 e. The Hall–Kier alpha value is -2.53. The van der Waals surface area contributed by atoms with Gasteiger partial charge in [0.1, 0.15) is 6.04 Å². The van der Waals surface area contributed by atoms with E-state index < -0.39 is 11.8 Å². The van der Waals surface area contributed by atoms with Crippen molar-refractivity contribution in [1.82, 2.24) is 4.57 Å². The minimum atomic E-state index is -0.702. The molecule has 2 aromatic carbocycles. The quantitative estimate of drug-likeness (QED) is 0.805. The lowest BCUT2D eigenvalue weighted by Gasteiger charge is -2.13. The van der Waals surface area contributed by atoms with Crippen LogP contribution in [0.4, 0.5) is 5.69 Å². The minimum absolute atomic E-state index is 0.309. The topological polar surface area (TPSA) is 64.2 Å². The number of carbonyl (C=O) groups is 1. The van der Waals surface area contributed by atoms with E-state index in [4.69, 9.17) is 16.0 Å². The third kappa shape index (κ3) is 2.63. The second-order valence-corrected chi connectivity index (χ2v) is 5.31. The molecule has 0 radical (unpaired) electrons. The lowest BCUT2D eigenvalue weighted by Crippen LogP contribution is -2.29. The van der Waals surface area contributed by atoms with Crippen LogP contribution in [0.2, 0.25) is 5.02 Å². The first kappa shape index (κ1) is 14.4. The molecule has 22 heavy (non-hydrogen) atoms. The molecule has 112 valence electrons. The average molecular weight is 317 g/mol. The Morgan fingerprint density at radius 2 is 1.86 bits per heavy atom. The summed E-state index contributed by atoms with van der Waals surface area (Å²) in [5, 5.41) is 3.34. The number of oxazole rings is 1. The summed E-state index contributed by atoms with van der Waals surface area (Å²) in [7, 11) is 0. The maximum atomic E-state index is 12.3. The minimum Gasteiger partial charge on any atom is -0.408 e. The molecule has 5 nitrogen and oxygen atoms in total. The van der Waals surface area contributed by atoms with Gasteiger partial charge in [0.25, 0.3) is 0 Å². The summed E-state index contributed by atoms with van der Waals surface area (Å²) in [6.07, 6.45) is 0. The molecule has 1 aromatic heterocycles. The van der Waals surface area contributed by atoms with Gasteiger partial charge in [-0.15, -0.1) is 0 Å². The summed E-state index contributed by atoms with van der Waals surface area (Å²) < 4.78 is 6.48. The Morgan fingerprint density at radius 3 is 2.59 bits per heavy atom. The van der Waals surface area contributed by atoms with E-state index in [1.165, 1.54) is 4.57 Å². The van der Waals surface area contributed by atoms with Gasteiger partial charge in [0.2, 0.25) is 5.91 Å². The van der Waals surface area contributed by atoms with E-state index in [1.54, 1.807) is 55.5 Å². The lowest BCUT2D eigenvalue weighted by molar-refractivity contribution is -0.118. The van der Waals surface area contributed by atoms with Crippen molar-refractivity contribution in [3.8, 4) is 0 Å². The summed E-state index contributed by atoms with van der Waals surface area (Å²) in [6.45, 7) is 1.65. The number of fused-ring (bicyclic) bond motifs is 1. The molecule has 1 heterocycles. The number of hydrogen-bond acceptors (Lipinski definition) is 3. The predicted molar refractivity (Wildman–Crippen MR) is 85.3 cm³/mol. The van der Waals surface area contributed by atoms with Gasteiger partial charge in [0, 0.05) is 10.7 Å². The molecule has 0 spiro atoms. The van der Waals surface area contributed by atoms with Crippen molar-refractivity contribution in [2.45, 2.75) is 13.0 Å². The van der Waals surface area contributed by atoms with Crippen molar-refractivity contribution in [3.05, 3.63) is 64.1 Å². The second-order valence-electron chi connectivity index (χ2n) is 4.88. The van der Waals surface area contributed by atoms with Crippen molar-refractivity contribution in [2.75, 3.05) is 5.32 Å². The van der Waals surface area contributed by atoms with E-state index in [2.05, 4.69) is 5.32 Å². The number of nitrogens with zero attached hydrogens (tertiary/aromatic N) is 1. The third-order valence-electron chi connectivity index (χ3n) is 3.40. The first-order chi connectivity index (χ1) is 10.6. The molecule has 1 unspecified atom stereocenters. The number of para-hydroxylation sites is 2. The van der Waals surface area contributed by atoms with Crippen LogP contribution in [-0.2, 0) is 4.79 Å². The number of benzene rings is 2. The fraction of sp³-hybridized carbons (Fsp3) is 0.125. The molecule has 1 N–H and O–H groups in total. The highest BCUT2D eigenvalue weighted by Crippen LogP contribution is 2.19. The van der Waals surface area contributed by atoms with Crippen LogP contribution in [0.25, 0.3) is 11.1 Å². The highest BCUT2D eigenvalue weighted by molar-refractivity contribution is 6.30. The van der Waals surface area contributed by atoms with Crippen LogP contribution in [0, 0.1) is 0 Å². The highest BCUT2D eigenvalue weighted by atomic mass is 35.5. The zero-order chi connectivity index (χ0) is 15.7. The molecule has 1 amide bonds. The number of amides is 1. The van der Waals surface area contributed by atoms with Crippen LogP contribution in [0.3, 0.4) is 0 Å². The van der Waals surface area contributed by atoms with Gasteiger partial charge in [0.05, 0.1) is 5.52 Å². The Morgan fingerprint density at radius 1 is 1.18 bits per heavy atom. The maximum absolute atomic E-state index is 12.3. The molecular formula is C16H13ClN2O3. The van der Waals surface area contributed by atoms with Crippen LogP contribution in [0.5, 0.6) is 0 Å². The first-order valence-electron chi connectivity index (χ1n) is 6.73. The van der Waals surface area contributed by atoms with Crippen molar-refractivity contribution in [3.63, 3.8) is 0 Å². The zero-order valence-corrected chi connectivity index (χ0v) is 12.5. The van der Waals surface area contributed by atoms with Crippen LogP contribution >= 0.6 is 11.6 Å². The number of aromatic nitrogens is 1. The predicted octanol–water partition coefficient (Wildman–Crippen LogP) is 3.45. The van der Waals surface area contributed by atoms with Gasteiger partial charge in [-0.3, -0.25) is 9.36 Å². The van der Waals surface area contributed by atoms with Crippen LogP contribution in [0.15, 0.2) is 57.7 Å². The zero-order valence-electron chi connectivity index (χ0n) is 11.7. The number of nitrogens with one attached hydrogen (secondary N) is 1. The van der Waals surface area contributed by atoms with E-state index in [0.29, 0.717) is 21.8 Å². The molecule has 3 aromatic rings. The number of carbonyl (C=O) groups excluding carboxylic acids is 1. The Labute approximate surface area is 131 Å². The van der Waals surface area contributed by atoms with Crippen LogP contribution in [0.1, 0.15) is 13.0 Å². The van der Waals surface area contributed by atoms with Gasteiger partial charge >= 0.3 is 5.76 Å². The van der Waals surface area contributed by atoms with E-state index in [0.717, 1.165) is 0 Å². The van der Waals surface area contributed by atoms with Crippen molar-refractivity contribution in [2.24, 2.45) is 0 Å². The fourth-order valence-electron chi connectivity index (χ4n) is 2.25. The summed E-state index contributed by atoms with van der Waals surface area (Å²) in [5.74, 6) is -0.865. The van der Waals surface area contributed by atoms with Crippen molar-refractivity contribution in [1.29, 1.82) is 0 Å². The number of rotatable bonds is 3. The molecule has 0 saturated carbocycles. The molecule has 0 fully saturated rings. The summed E-state index contributed by atoms with van der Waals surface area (Å²) in [4.78, 5) is 24.3. The van der Waals surface area contributed by atoms with Gasteiger partial charge in [-0.2, -0.15) is 0 Å². The SMILES string of the molecule is CC(C(=O)Nc1ccc(Cl)cc1)n1c(=O)oc2ccccc21. The van der Waals surface area contributed by atoms with E-state index in [-0.39, 0.29) is 5.91 Å². The molecular weight excluding hydrogens is 304 g/mol. The fourth-order valence-corrected chi connectivity index (χ4v) is 2.37. The summed E-state index contributed by atoms with van der Waals surface area (Å²) in [6, 6.07) is 13.1. The lowest BCUT2D eigenvalue weighted by atomic mass is 10.2. The first-order valence-corrected chi connectivity index (χ1v) is 7.10. The number of hydrogen-bond donors (Lipinski definition) is 1. The normalized spacial score (nSPS) is 12.3. The molecule has 6 heteroatoms. The summed E-state index contributed by atoms with van der Waals surface area (Å²) in [5.41, 5.74) is 1.66. The van der Waals surface area contributed by atoms with Crippen LogP contribution in [-0.4, -0.2) is 10.5 Å². The molecule has 0 bridgehead atoms. The van der Waals surface area contributed by atoms with Gasteiger partial charge in [-0.25, -0.2) is 4.79 Å². The Balaban J connectivity index is 1.90. The summed E-state index contributed by atoms with van der Waals surface area (Å²) >= 11 is 5.81. The molecule has 0 aliphatic carbocycles. The third-order valence-corrected chi connectivity index (χ3v) is 3.65. The molecule has 3 rings (SSSR count). The number of halogens is 1. The van der Waals surface area contributed by atoms with Crippen LogP contribution < -0.4 is 11.1 Å². The van der Waals surface area contributed by atoms with Gasteiger partial charge in [0.15, 0.2) is 5.58 Å². The Bertz CT molecular complexity index is 880. The van der Waals surface area contributed by atoms with E-state index in [9.17, 15) is 9.59 Å². The molecule has 0 aliphatic heterocycles. The van der Waals surface area contributed by atoms with Gasteiger partial charge < -0.3 is 9.73 Å². The second kappa shape index (κ2) is 5.69. The number of anilines is 1. The maximum Gasteiger partial charge on any atom is 0.420 e. The molecule has 1 atom stereocenters. The average Bonchev–Trinajstić information content (AvgIpc) is 2.84. The molecule has 0 saturated heterocycles. The van der Waals surface area contributed by atoms with Crippen molar-refractivity contribution >= 4 is 34.3 Å². The van der Waals surface area contributed by atoms with Gasteiger partial charge in [-0.1, -0.05) is 23.7 Å². The highest BCUT2D eigenvalue weighted by Gasteiger charge is 2.21. The van der Waals surface area contributed by atoms with Crippen molar-refractivity contribution < 1.29 is 9.21 Å². The van der Waals surface area contributed by atoms with E-state index in [1.807, 2.05) is 0 Å². The van der Waals surface area contributed by atoms with Gasteiger partial charge in [-0.05, 0) is 43.3 Å². The standard InChI is InChI=1S/C16H13ClN2O3/c1-10(15(20)18-12-8-6-11(17)7-9-12)19-13-4-2-3-5-14(13)22-16(19)21/h2-10H,1H3,(H,18,20). The smallest absolute Gasteiger partial charge is 0.408 e. The molecule has 0 aliphatic rings. The van der Waals surface area contributed by atoms with E-state index >= 15 is 0 Å². The monoisotopic (exact) mass is 316 g/mol.